The summed E-state index contributed by atoms with van der Waals surface area (Å²) in [6.07, 6.45) is 0.898. The van der Waals surface area contributed by atoms with Crippen molar-refractivity contribution in [2.24, 2.45) is 0 Å². The molecule has 0 bridgehead atoms. The van der Waals surface area contributed by atoms with Crippen molar-refractivity contribution in [3.8, 4) is 11.5 Å². The van der Waals surface area contributed by atoms with Crippen molar-refractivity contribution in [3.05, 3.63) is 85.2 Å². The van der Waals surface area contributed by atoms with E-state index in [0.717, 1.165) is 5.56 Å². The first-order chi connectivity index (χ1) is 18.6. The zero-order valence-corrected chi connectivity index (χ0v) is 23.3. The highest BCUT2D eigenvalue weighted by atomic mass is 35.5. The highest BCUT2D eigenvalue weighted by molar-refractivity contribution is 6.31. The first-order valence-corrected chi connectivity index (χ1v) is 13.1. The number of benzene rings is 2. The van der Waals surface area contributed by atoms with Gasteiger partial charge in [-0.1, -0.05) is 24.6 Å². The molecule has 1 heterocycles. The fourth-order valence-electron chi connectivity index (χ4n) is 5.16. The van der Waals surface area contributed by atoms with Gasteiger partial charge in [-0.25, -0.2) is 4.79 Å². The summed E-state index contributed by atoms with van der Waals surface area (Å²) in [6, 6.07) is 9.62. The van der Waals surface area contributed by atoms with Crippen molar-refractivity contribution in [3.63, 3.8) is 0 Å². The van der Waals surface area contributed by atoms with Crippen LogP contribution in [0.15, 0.2) is 58.9 Å². The Bertz CT molecular complexity index is 1400. The van der Waals surface area contributed by atoms with Crippen LogP contribution in [-0.2, 0) is 14.3 Å². The van der Waals surface area contributed by atoms with E-state index in [2.05, 4.69) is 5.32 Å². The molecule has 2 aliphatic rings. The normalized spacial score (nSPS) is 19.7. The third-order valence-corrected chi connectivity index (χ3v) is 7.66. The Balaban J connectivity index is 1.83. The van der Waals surface area contributed by atoms with E-state index in [4.69, 9.17) is 25.8 Å². The summed E-state index contributed by atoms with van der Waals surface area (Å²) in [6.45, 7) is 5.41. The Hall–Kier alpha value is -3.85. The SMILES string of the molecule is CC[C@H](C)OC(=O)C1=C(C)NC2=C(C(=O)C[C@@H](c3ccc(OC)c(OC)c3)C2)[C@@H]1c1cc([N+](=O)[O-])ccc1Cl. The first kappa shape index (κ1) is 28.2. The molecule has 3 atom stereocenters. The van der Waals surface area contributed by atoms with Gasteiger partial charge in [0.15, 0.2) is 17.3 Å². The molecule has 2 aromatic carbocycles. The Morgan fingerprint density at radius 2 is 1.87 bits per heavy atom. The minimum Gasteiger partial charge on any atom is -0.493 e. The quantitative estimate of drug-likeness (QED) is 0.241. The maximum atomic E-state index is 13.9. The van der Waals surface area contributed by atoms with Crippen LogP contribution in [-0.4, -0.2) is 37.0 Å². The summed E-state index contributed by atoms with van der Waals surface area (Å²) in [4.78, 5) is 38.4. The molecule has 0 saturated carbocycles. The van der Waals surface area contributed by atoms with Crippen molar-refractivity contribution in [2.45, 2.75) is 58.0 Å². The van der Waals surface area contributed by atoms with Crippen LogP contribution in [0.4, 0.5) is 5.69 Å². The fourth-order valence-corrected chi connectivity index (χ4v) is 5.39. The molecule has 1 aliphatic carbocycles. The third-order valence-electron chi connectivity index (χ3n) is 7.31. The van der Waals surface area contributed by atoms with Crippen LogP contribution in [0.1, 0.15) is 63.0 Å². The van der Waals surface area contributed by atoms with E-state index < -0.39 is 16.8 Å². The molecule has 206 valence electrons. The standard InChI is InChI=1S/C29H31ClN2O7/c1-6-15(2)39-29(34)26-16(3)31-22-11-18(17-7-10-24(37-4)25(13-17)38-5)12-23(33)28(22)27(26)20-14-19(32(35)36)8-9-21(20)30/h7-10,13-15,18,27,31H,6,11-12H2,1-5H3/t15-,18-,27+/m0/s1. The number of nitrogens with zero attached hydrogens (tertiary/aromatic N) is 1. The topological polar surface area (TPSA) is 117 Å². The number of nitro benzene ring substituents is 1. The number of nitro groups is 1. The van der Waals surface area contributed by atoms with Crippen molar-refractivity contribution >= 4 is 29.0 Å². The molecule has 0 saturated heterocycles. The van der Waals surface area contributed by atoms with Gasteiger partial charge in [0.25, 0.3) is 5.69 Å². The summed E-state index contributed by atoms with van der Waals surface area (Å²) in [5, 5.41) is 15.1. The van der Waals surface area contributed by atoms with Crippen LogP contribution in [0.25, 0.3) is 0 Å². The van der Waals surface area contributed by atoms with Crippen LogP contribution < -0.4 is 14.8 Å². The fraction of sp³-hybridized carbons (Fsp3) is 0.379. The summed E-state index contributed by atoms with van der Waals surface area (Å²) in [7, 11) is 3.11. The average Bonchev–Trinajstić information content (AvgIpc) is 2.91. The zero-order valence-electron chi connectivity index (χ0n) is 22.5. The van der Waals surface area contributed by atoms with Crippen molar-refractivity contribution in [2.75, 3.05) is 14.2 Å². The molecule has 10 heteroatoms. The Morgan fingerprint density at radius 1 is 1.15 bits per heavy atom. The summed E-state index contributed by atoms with van der Waals surface area (Å²) in [5.41, 5.74) is 2.78. The number of halogens is 1. The number of allylic oxidation sites excluding steroid dienone is 3. The van der Waals surface area contributed by atoms with Gasteiger partial charge in [-0.2, -0.15) is 0 Å². The number of dihydropyridines is 1. The number of carbonyl (C=O) groups is 2. The number of carbonyl (C=O) groups excluding carboxylic acids is 2. The molecule has 39 heavy (non-hydrogen) atoms. The maximum Gasteiger partial charge on any atom is 0.337 e. The third kappa shape index (κ3) is 5.49. The molecule has 1 N–H and O–H groups in total. The van der Waals surface area contributed by atoms with Crippen LogP contribution in [0.3, 0.4) is 0 Å². The second kappa shape index (κ2) is 11.5. The van der Waals surface area contributed by atoms with Gasteiger partial charge in [-0.3, -0.25) is 14.9 Å². The number of ketones is 1. The minimum atomic E-state index is -0.913. The molecule has 9 nitrogen and oxygen atoms in total. The number of rotatable bonds is 8. The van der Waals surface area contributed by atoms with Crippen molar-refractivity contribution < 1.29 is 28.7 Å². The van der Waals surface area contributed by atoms with Gasteiger partial charge in [0.2, 0.25) is 0 Å². The molecule has 0 aromatic heterocycles. The predicted octanol–water partition coefficient (Wildman–Crippen LogP) is 5.97. The second-order valence-electron chi connectivity index (χ2n) is 9.72. The lowest BCUT2D eigenvalue weighted by atomic mass is 9.71. The number of esters is 1. The second-order valence-corrected chi connectivity index (χ2v) is 10.1. The predicted molar refractivity (Wildman–Crippen MR) is 146 cm³/mol. The monoisotopic (exact) mass is 554 g/mol. The zero-order chi connectivity index (χ0) is 28.4. The number of hydrogen-bond donors (Lipinski definition) is 1. The van der Waals surface area contributed by atoms with Gasteiger partial charge in [0, 0.05) is 46.5 Å². The number of nitrogens with one attached hydrogen (secondary N) is 1. The molecule has 1 aliphatic heterocycles. The molecule has 4 rings (SSSR count). The van der Waals surface area contributed by atoms with Gasteiger partial charge in [0.05, 0.1) is 30.8 Å². The molecule has 0 fully saturated rings. The van der Waals surface area contributed by atoms with E-state index in [0.29, 0.717) is 46.9 Å². The lowest BCUT2D eigenvalue weighted by Crippen LogP contribution is -2.36. The highest BCUT2D eigenvalue weighted by Gasteiger charge is 2.43. The average molecular weight is 555 g/mol. The van der Waals surface area contributed by atoms with E-state index in [1.54, 1.807) is 34.1 Å². The molecular formula is C29H31ClN2O7. The molecule has 0 unspecified atom stereocenters. The lowest BCUT2D eigenvalue weighted by molar-refractivity contribution is -0.384. The highest BCUT2D eigenvalue weighted by Crippen LogP contribution is 2.48. The lowest BCUT2D eigenvalue weighted by Gasteiger charge is -2.37. The van der Waals surface area contributed by atoms with Crippen molar-refractivity contribution in [1.29, 1.82) is 0 Å². The van der Waals surface area contributed by atoms with E-state index in [9.17, 15) is 19.7 Å². The molecule has 2 aromatic rings. The summed E-state index contributed by atoms with van der Waals surface area (Å²) in [5.74, 6) is -0.704. The van der Waals surface area contributed by atoms with E-state index in [-0.39, 0.29) is 40.5 Å². The van der Waals surface area contributed by atoms with Crippen LogP contribution in [0.5, 0.6) is 11.5 Å². The summed E-state index contributed by atoms with van der Waals surface area (Å²) >= 11 is 6.57. The van der Waals surface area contributed by atoms with Crippen LogP contribution in [0, 0.1) is 10.1 Å². The van der Waals surface area contributed by atoms with E-state index >= 15 is 0 Å². The first-order valence-electron chi connectivity index (χ1n) is 12.7. The number of non-ortho nitro benzene ring substituents is 1. The number of methoxy groups -OCH3 is 2. The minimum absolute atomic E-state index is 0.161. The van der Waals surface area contributed by atoms with Crippen LogP contribution >= 0.6 is 11.6 Å². The van der Waals surface area contributed by atoms with Gasteiger partial charge >= 0.3 is 5.97 Å². The van der Waals surface area contributed by atoms with Gasteiger partial charge in [-0.15, -0.1) is 0 Å². The van der Waals surface area contributed by atoms with Crippen LogP contribution in [0.2, 0.25) is 5.02 Å². The Kier molecular flexibility index (Phi) is 8.30. The smallest absolute Gasteiger partial charge is 0.337 e. The van der Waals surface area contributed by atoms with E-state index in [1.807, 2.05) is 19.1 Å². The number of ether oxygens (including phenoxy) is 3. The molecule has 0 radical (unpaired) electrons. The maximum absolute atomic E-state index is 13.9. The summed E-state index contributed by atoms with van der Waals surface area (Å²) < 4.78 is 16.5. The van der Waals surface area contributed by atoms with Gasteiger partial charge < -0.3 is 19.5 Å². The van der Waals surface area contributed by atoms with Crippen molar-refractivity contribution in [1.82, 2.24) is 5.32 Å². The molecule has 0 amide bonds. The Labute approximate surface area is 231 Å². The number of Topliss-reactive ketones (excluding diaryl/α,β-unsaturated/α-hetero) is 1. The largest absolute Gasteiger partial charge is 0.493 e. The number of hydrogen-bond acceptors (Lipinski definition) is 8. The molecular weight excluding hydrogens is 524 g/mol. The molecule has 0 spiro atoms. The van der Waals surface area contributed by atoms with Gasteiger partial charge in [0.1, 0.15) is 0 Å². The van der Waals surface area contributed by atoms with E-state index in [1.165, 1.54) is 18.2 Å². The van der Waals surface area contributed by atoms with Gasteiger partial charge in [-0.05, 0) is 61.9 Å². The Morgan fingerprint density at radius 3 is 2.51 bits per heavy atom.